The van der Waals surface area contributed by atoms with Crippen LogP contribution in [0.1, 0.15) is 19.3 Å². The van der Waals surface area contributed by atoms with Crippen LogP contribution in [0.4, 0.5) is 5.69 Å². The van der Waals surface area contributed by atoms with Crippen LogP contribution in [-0.2, 0) is 0 Å². The first kappa shape index (κ1) is 12.4. The number of hydrogen-bond donors (Lipinski definition) is 2. The second kappa shape index (κ2) is 5.52. The van der Waals surface area contributed by atoms with E-state index in [2.05, 4.69) is 49.3 Å². The zero-order valence-corrected chi connectivity index (χ0v) is 12.2. The highest BCUT2D eigenvalue weighted by Crippen LogP contribution is 2.35. The quantitative estimate of drug-likeness (QED) is 0.873. The van der Waals surface area contributed by atoms with E-state index in [4.69, 9.17) is 5.73 Å². The van der Waals surface area contributed by atoms with Crippen LogP contribution in [-0.4, -0.2) is 12.6 Å². The molecule has 1 fully saturated rings. The zero-order valence-electron chi connectivity index (χ0n) is 9.05. The molecule has 1 aliphatic rings. The Morgan fingerprint density at radius 3 is 2.56 bits per heavy atom. The molecule has 88 valence electrons. The van der Waals surface area contributed by atoms with Gasteiger partial charge >= 0.3 is 0 Å². The molecule has 2 unspecified atom stereocenters. The molecular formula is C12H16Br2N2. The fourth-order valence-electron chi connectivity index (χ4n) is 2.33. The predicted molar refractivity (Wildman–Crippen MR) is 75.6 cm³/mol. The van der Waals surface area contributed by atoms with Crippen LogP contribution < -0.4 is 11.1 Å². The van der Waals surface area contributed by atoms with Gasteiger partial charge in [-0.05, 0) is 69.3 Å². The highest BCUT2D eigenvalue weighted by molar-refractivity contribution is 9.11. The Labute approximate surface area is 113 Å². The number of halogens is 2. The van der Waals surface area contributed by atoms with Crippen molar-refractivity contribution in [1.29, 1.82) is 0 Å². The van der Waals surface area contributed by atoms with Gasteiger partial charge in [-0.1, -0.05) is 12.5 Å². The molecule has 1 saturated carbocycles. The van der Waals surface area contributed by atoms with Crippen LogP contribution in [0.3, 0.4) is 0 Å². The Hall–Kier alpha value is -0.0600. The molecule has 1 aromatic rings. The minimum absolute atomic E-state index is 0.514. The molecular weight excluding hydrogens is 332 g/mol. The van der Waals surface area contributed by atoms with E-state index >= 15 is 0 Å². The fraction of sp³-hybridized carbons (Fsp3) is 0.500. The second-order valence-electron chi connectivity index (χ2n) is 4.27. The lowest BCUT2D eigenvalue weighted by molar-refractivity contribution is 0.516. The molecule has 1 aliphatic carbocycles. The van der Waals surface area contributed by atoms with Crippen molar-refractivity contribution in [2.75, 3.05) is 11.9 Å². The molecule has 0 amide bonds. The highest BCUT2D eigenvalue weighted by Gasteiger charge is 2.26. The van der Waals surface area contributed by atoms with Gasteiger partial charge in [0.25, 0.3) is 0 Å². The maximum atomic E-state index is 5.79. The van der Waals surface area contributed by atoms with E-state index in [0.717, 1.165) is 21.2 Å². The summed E-state index contributed by atoms with van der Waals surface area (Å²) < 4.78 is 2.20. The van der Waals surface area contributed by atoms with Crippen molar-refractivity contribution in [2.24, 2.45) is 11.7 Å². The summed E-state index contributed by atoms with van der Waals surface area (Å²) in [7, 11) is 0. The van der Waals surface area contributed by atoms with Gasteiger partial charge in [-0.15, -0.1) is 0 Å². The Bertz CT molecular complexity index is 348. The maximum absolute atomic E-state index is 5.79. The average molecular weight is 348 g/mol. The molecule has 0 aromatic heterocycles. The van der Waals surface area contributed by atoms with E-state index in [0.29, 0.717) is 12.0 Å². The highest BCUT2D eigenvalue weighted by atomic mass is 79.9. The first-order chi connectivity index (χ1) is 7.72. The van der Waals surface area contributed by atoms with Crippen molar-refractivity contribution in [1.82, 2.24) is 0 Å². The van der Waals surface area contributed by atoms with Gasteiger partial charge in [0.1, 0.15) is 0 Å². The molecule has 0 spiro atoms. The first-order valence-corrected chi connectivity index (χ1v) is 7.21. The first-order valence-electron chi connectivity index (χ1n) is 5.63. The van der Waals surface area contributed by atoms with Gasteiger partial charge in [-0.25, -0.2) is 0 Å². The van der Waals surface area contributed by atoms with Crippen LogP contribution in [0, 0.1) is 5.92 Å². The summed E-state index contributed by atoms with van der Waals surface area (Å²) in [5.41, 5.74) is 6.94. The molecule has 3 N–H and O–H groups in total. The lowest BCUT2D eigenvalue weighted by Gasteiger charge is -2.22. The summed E-state index contributed by atoms with van der Waals surface area (Å²) in [6.45, 7) is 0.778. The summed E-state index contributed by atoms with van der Waals surface area (Å²) in [5.74, 6) is 0.610. The number of nitrogens with one attached hydrogen (secondary N) is 1. The van der Waals surface area contributed by atoms with Gasteiger partial charge in [0.15, 0.2) is 0 Å². The summed E-state index contributed by atoms with van der Waals surface area (Å²) in [6.07, 6.45) is 3.74. The largest absolute Gasteiger partial charge is 0.380 e. The van der Waals surface area contributed by atoms with Crippen LogP contribution in [0.25, 0.3) is 0 Å². The van der Waals surface area contributed by atoms with Gasteiger partial charge < -0.3 is 11.1 Å². The number of rotatable bonds is 3. The van der Waals surface area contributed by atoms with Crippen LogP contribution in [0.5, 0.6) is 0 Å². The topological polar surface area (TPSA) is 38.0 Å². The predicted octanol–water partition coefficient (Wildman–Crippen LogP) is 3.75. The van der Waals surface area contributed by atoms with Crippen LogP contribution >= 0.6 is 31.9 Å². The van der Waals surface area contributed by atoms with Gasteiger partial charge in [-0.2, -0.15) is 0 Å². The number of anilines is 1. The molecule has 2 nitrogen and oxygen atoms in total. The Morgan fingerprint density at radius 2 is 1.94 bits per heavy atom. The summed E-state index contributed by atoms with van der Waals surface area (Å²) in [5, 5.41) is 3.60. The van der Waals surface area contributed by atoms with Gasteiger partial charge in [0.05, 0.1) is 5.69 Å². The summed E-state index contributed by atoms with van der Waals surface area (Å²) in [6, 6.07) is 6.65. The molecule has 1 aromatic carbocycles. The smallest absolute Gasteiger partial charge is 0.0631 e. The molecule has 16 heavy (non-hydrogen) atoms. The number of para-hydroxylation sites is 1. The van der Waals surface area contributed by atoms with Crippen LogP contribution in [0.15, 0.2) is 27.1 Å². The van der Waals surface area contributed by atoms with Gasteiger partial charge in [0.2, 0.25) is 0 Å². The van der Waals surface area contributed by atoms with E-state index in [-0.39, 0.29) is 0 Å². The average Bonchev–Trinajstić information content (AvgIpc) is 2.71. The zero-order chi connectivity index (χ0) is 11.5. The molecule has 2 atom stereocenters. The minimum Gasteiger partial charge on any atom is -0.380 e. The van der Waals surface area contributed by atoms with Gasteiger partial charge in [-0.3, -0.25) is 0 Å². The van der Waals surface area contributed by atoms with E-state index < -0.39 is 0 Å². The second-order valence-corrected chi connectivity index (χ2v) is 5.98. The molecule has 0 saturated heterocycles. The third-order valence-corrected chi connectivity index (χ3v) is 4.58. The van der Waals surface area contributed by atoms with Crippen molar-refractivity contribution in [3.63, 3.8) is 0 Å². The maximum Gasteiger partial charge on any atom is 0.0631 e. The van der Waals surface area contributed by atoms with Crippen molar-refractivity contribution in [3.8, 4) is 0 Å². The molecule has 0 aliphatic heterocycles. The minimum atomic E-state index is 0.514. The molecule has 4 heteroatoms. The van der Waals surface area contributed by atoms with Gasteiger partial charge in [0, 0.05) is 15.0 Å². The standard InChI is InChI=1S/C12H16Br2N2/c13-9-4-2-5-10(14)12(9)16-11-6-1-3-8(11)7-15/h2,4-5,8,11,16H,1,3,6-7,15H2. The molecule has 2 rings (SSSR count). The summed E-state index contributed by atoms with van der Waals surface area (Å²) >= 11 is 7.14. The van der Waals surface area contributed by atoms with E-state index in [1.807, 2.05) is 6.07 Å². The molecule has 0 heterocycles. The Morgan fingerprint density at radius 1 is 1.25 bits per heavy atom. The van der Waals surface area contributed by atoms with Crippen molar-refractivity contribution in [3.05, 3.63) is 27.1 Å². The van der Waals surface area contributed by atoms with Crippen molar-refractivity contribution >= 4 is 37.5 Å². The van der Waals surface area contributed by atoms with E-state index in [1.54, 1.807) is 0 Å². The third kappa shape index (κ3) is 2.60. The monoisotopic (exact) mass is 346 g/mol. The Balaban J connectivity index is 2.14. The molecule has 0 bridgehead atoms. The van der Waals surface area contributed by atoms with E-state index in [9.17, 15) is 0 Å². The lowest BCUT2D eigenvalue weighted by Crippen LogP contribution is -2.29. The SMILES string of the molecule is NCC1CCCC1Nc1c(Br)cccc1Br. The number of hydrogen-bond acceptors (Lipinski definition) is 2. The lowest BCUT2D eigenvalue weighted by atomic mass is 10.0. The van der Waals surface area contributed by atoms with Crippen molar-refractivity contribution < 1.29 is 0 Å². The molecule has 0 radical (unpaired) electrons. The summed E-state index contributed by atoms with van der Waals surface area (Å²) in [4.78, 5) is 0. The fourth-order valence-corrected chi connectivity index (χ4v) is 3.56. The normalized spacial score (nSPS) is 24.7. The number of nitrogens with two attached hydrogens (primary N) is 1. The van der Waals surface area contributed by atoms with E-state index in [1.165, 1.54) is 19.3 Å². The van der Waals surface area contributed by atoms with Crippen molar-refractivity contribution in [2.45, 2.75) is 25.3 Å². The van der Waals surface area contributed by atoms with Crippen LogP contribution in [0.2, 0.25) is 0 Å². The Kier molecular flexibility index (Phi) is 4.27. The number of benzene rings is 1. The third-order valence-electron chi connectivity index (χ3n) is 3.25.